The summed E-state index contributed by atoms with van der Waals surface area (Å²) in [6.07, 6.45) is 9.26. The number of unbranched alkanes of at least 4 members (excludes halogenated alkanes) is 2. The Morgan fingerprint density at radius 3 is 2.13 bits per heavy atom. The maximum Gasteiger partial charge on any atom is 0.335 e. The number of hydrogen-bond donors (Lipinski definition) is 2. The topological polar surface area (TPSA) is 93.1 Å². The predicted octanol–water partition coefficient (Wildman–Crippen LogP) is 7.14. The molecule has 0 spiro atoms. The van der Waals surface area contributed by atoms with Gasteiger partial charge in [0, 0.05) is 6.42 Å². The first-order valence-corrected chi connectivity index (χ1v) is 13.1. The van der Waals surface area contributed by atoms with Crippen LogP contribution in [-0.2, 0) is 11.2 Å². The van der Waals surface area contributed by atoms with Crippen molar-refractivity contribution in [3.63, 3.8) is 0 Å². The highest BCUT2D eigenvalue weighted by Crippen LogP contribution is 2.21. The number of para-hydroxylation sites is 1. The van der Waals surface area contributed by atoms with Gasteiger partial charge in [-0.3, -0.25) is 4.79 Å². The predicted molar refractivity (Wildman–Crippen MR) is 149 cm³/mol. The van der Waals surface area contributed by atoms with E-state index in [0.29, 0.717) is 19.6 Å². The highest BCUT2D eigenvalue weighted by Gasteiger charge is 2.09. The summed E-state index contributed by atoms with van der Waals surface area (Å²) in [7, 11) is 0. The standard InChI is InChI=1S/C32H36O6/c33-31(34)14-5-4-9-25(23-27-17-19-28(20-18-27)32(35)36)15-16-26-10-8-13-30(24-26)38-22-7-6-21-37-29-11-2-1-3-12-29/h1-3,8,10-13,15-20,24-25H,4-7,9,14,21-23H2,(H,33,34)(H,35,36). The third-order valence-electron chi connectivity index (χ3n) is 6.15. The van der Waals surface area contributed by atoms with Crippen molar-refractivity contribution >= 4 is 18.0 Å². The van der Waals surface area contributed by atoms with Crippen LogP contribution in [0.15, 0.2) is 84.9 Å². The van der Waals surface area contributed by atoms with Crippen LogP contribution in [0.4, 0.5) is 0 Å². The molecule has 0 aliphatic heterocycles. The lowest BCUT2D eigenvalue weighted by Crippen LogP contribution is -2.04. The number of aliphatic carboxylic acids is 1. The smallest absolute Gasteiger partial charge is 0.335 e. The van der Waals surface area contributed by atoms with E-state index in [1.165, 1.54) is 0 Å². The lowest BCUT2D eigenvalue weighted by Gasteiger charge is -2.13. The Hall–Kier alpha value is -4.06. The lowest BCUT2D eigenvalue weighted by atomic mass is 9.92. The highest BCUT2D eigenvalue weighted by atomic mass is 16.5. The SMILES string of the molecule is O=C(O)CCCCC(C=Cc1cccc(OCCCCOc2ccccc2)c1)Cc1ccc(C(=O)O)cc1. The molecule has 0 aliphatic rings. The van der Waals surface area contributed by atoms with Crippen LogP contribution in [0.5, 0.6) is 11.5 Å². The normalized spacial score (nSPS) is 11.8. The molecule has 2 N–H and O–H groups in total. The van der Waals surface area contributed by atoms with Gasteiger partial charge in [-0.15, -0.1) is 0 Å². The van der Waals surface area contributed by atoms with Crippen molar-refractivity contribution in [3.8, 4) is 11.5 Å². The van der Waals surface area contributed by atoms with Crippen molar-refractivity contribution in [1.29, 1.82) is 0 Å². The summed E-state index contributed by atoms with van der Waals surface area (Å²) in [6.45, 7) is 1.27. The maximum absolute atomic E-state index is 11.1. The van der Waals surface area contributed by atoms with E-state index in [9.17, 15) is 9.59 Å². The Kier molecular flexibility index (Phi) is 11.9. The number of carboxylic acid groups (broad SMARTS) is 2. The van der Waals surface area contributed by atoms with Gasteiger partial charge >= 0.3 is 11.9 Å². The van der Waals surface area contributed by atoms with Gasteiger partial charge in [-0.2, -0.15) is 0 Å². The van der Waals surface area contributed by atoms with Crippen molar-refractivity contribution < 1.29 is 29.3 Å². The van der Waals surface area contributed by atoms with E-state index >= 15 is 0 Å². The number of ether oxygens (including phenoxy) is 2. The van der Waals surface area contributed by atoms with E-state index in [-0.39, 0.29) is 17.9 Å². The number of benzene rings is 3. The van der Waals surface area contributed by atoms with Crippen LogP contribution in [0, 0.1) is 5.92 Å². The van der Waals surface area contributed by atoms with E-state index < -0.39 is 11.9 Å². The van der Waals surface area contributed by atoms with E-state index in [1.54, 1.807) is 12.1 Å². The summed E-state index contributed by atoms with van der Waals surface area (Å²) in [5.74, 6) is 0.184. The summed E-state index contributed by atoms with van der Waals surface area (Å²) in [5, 5.41) is 18.1. The molecule has 1 unspecified atom stereocenters. The van der Waals surface area contributed by atoms with Crippen molar-refractivity contribution in [3.05, 3.63) is 102 Å². The molecule has 6 heteroatoms. The first-order chi connectivity index (χ1) is 18.5. The number of rotatable bonds is 17. The lowest BCUT2D eigenvalue weighted by molar-refractivity contribution is -0.137. The first kappa shape index (κ1) is 28.5. The molecule has 0 radical (unpaired) electrons. The molecular formula is C32H36O6. The quantitative estimate of drug-likeness (QED) is 0.185. The fourth-order valence-electron chi connectivity index (χ4n) is 4.09. The van der Waals surface area contributed by atoms with Gasteiger partial charge in [-0.1, -0.05) is 61.0 Å². The second-order valence-electron chi connectivity index (χ2n) is 9.25. The molecule has 0 saturated carbocycles. The molecule has 3 aromatic carbocycles. The first-order valence-electron chi connectivity index (χ1n) is 13.1. The Balaban J connectivity index is 1.51. The molecule has 38 heavy (non-hydrogen) atoms. The minimum absolute atomic E-state index is 0.168. The second-order valence-corrected chi connectivity index (χ2v) is 9.25. The molecule has 200 valence electrons. The molecule has 0 bridgehead atoms. The van der Waals surface area contributed by atoms with Gasteiger partial charge in [0.25, 0.3) is 0 Å². The minimum atomic E-state index is -0.940. The molecule has 3 rings (SSSR count). The molecule has 0 aromatic heterocycles. The van der Waals surface area contributed by atoms with E-state index in [2.05, 4.69) is 12.2 Å². The number of carbonyl (C=O) groups is 2. The van der Waals surface area contributed by atoms with Gasteiger partial charge in [0.1, 0.15) is 11.5 Å². The monoisotopic (exact) mass is 516 g/mol. The number of aromatic carboxylic acids is 1. The van der Waals surface area contributed by atoms with E-state index in [4.69, 9.17) is 19.7 Å². The van der Waals surface area contributed by atoms with Crippen LogP contribution in [0.25, 0.3) is 6.08 Å². The average molecular weight is 517 g/mol. The molecule has 3 aromatic rings. The molecule has 0 heterocycles. The Labute approximate surface area is 224 Å². The molecule has 0 saturated heterocycles. The largest absolute Gasteiger partial charge is 0.494 e. The Morgan fingerprint density at radius 2 is 1.45 bits per heavy atom. The zero-order valence-electron chi connectivity index (χ0n) is 21.6. The van der Waals surface area contributed by atoms with E-state index in [1.807, 2.05) is 66.7 Å². The average Bonchev–Trinajstić information content (AvgIpc) is 2.92. The van der Waals surface area contributed by atoms with Gasteiger partial charge in [0.05, 0.1) is 18.8 Å². The second kappa shape index (κ2) is 15.9. The maximum atomic E-state index is 11.1. The molecule has 0 aliphatic carbocycles. The van der Waals surface area contributed by atoms with Crippen LogP contribution in [0.2, 0.25) is 0 Å². The minimum Gasteiger partial charge on any atom is -0.494 e. The van der Waals surface area contributed by atoms with Crippen LogP contribution in [0.3, 0.4) is 0 Å². The molecule has 0 amide bonds. The van der Waals surface area contributed by atoms with Crippen LogP contribution in [-0.4, -0.2) is 35.4 Å². The molecule has 0 fully saturated rings. The van der Waals surface area contributed by atoms with Gasteiger partial charge in [0.2, 0.25) is 0 Å². The number of hydrogen-bond acceptors (Lipinski definition) is 4. The number of carboxylic acids is 2. The fourth-order valence-corrected chi connectivity index (χ4v) is 4.09. The van der Waals surface area contributed by atoms with E-state index in [0.717, 1.165) is 54.7 Å². The van der Waals surface area contributed by atoms with Crippen molar-refractivity contribution in [2.75, 3.05) is 13.2 Å². The Bertz CT molecular complexity index is 1150. The Morgan fingerprint density at radius 1 is 0.763 bits per heavy atom. The summed E-state index contributed by atoms with van der Waals surface area (Å²) in [5.41, 5.74) is 2.35. The summed E-state index contributed by atoms with van der Waals surface area (Å²) in [4.78, 5) is 22.0. The summed E-state index contributed by atoms with van der Waals surface area (Å²) >= 11 is 0. The van der Waals surface area contributed by atoms with Gasteiger partial charge < -0.3 is 19.7 Å². The zero-order valence-corrected chi connectivity index (χ0v) is 21.6. The molecule has 6 nitrogen and oxygen atoms in total. The van der Waals surface area contributed by atoms with Crippen LogP contribution < -0.4 is 9.47 Å². The third kappa shape index (κ3) is 10.9. The van der Waals surface area contributed by atoms with Crippen molar-refractivity contribution in [2.24, 2.45) is 5.92 Å². The molecule has 1 atom stereocenters. The van der Waals surface area contributed by atoms with Crippen LogP contribution in [0.1, 0.15) is 60.0 Å². The highest BCUT2D eigenvalue weighted by molar-refractivity contribution is 5.87. The summed E-state index contributed by atoms with van der Waals surface area (Å²) < 4.78 is 11.7. The van der Waals surface area contributed by atoms with Gasteiger partial charge in [-0.05, 0) is 85.5 Å². The van der Waals surface area contributed by atoms with Crippen molar-refractivity contribution in [2.45, 2.75) is 44.9 Å². The van der Waals surface area contributed by atoms with Crippen LogP contribution >= 0.6 is 0 Å². The number of allylic oxidation sites excluding steroid dienone is 1. The molecular weight excluding hydrogens is 480 g/mol. The zero-order chi connectivity index (χ0) is 27.0. The van der Waals surface area contributed by atoms with Gasteiger partial charge in [0.15, 0.2) is 0 Å². The van der Waals surface area contributed by atoms with Crippen molar-refractivity contribution in [1.82, 2.24) is 0 Å². The van der Waals surface area contributed by atoms with Gasteiger partial charge in [-0.25, -0.2) is 4.79 Å². The third-order valence-corrected chi connectivity index (χ3v) is 6.15. The summed E-state index contributed by atoms with van der Waals surface area (Å²) in [6, 6.07) is 24.7. The fraction of sp³-hybridized carbons (Fsp3) is 0.312.